The lowest BCUT2D eigenvalue weighted by Crippen LogP contribution is -2.04. The Morgan fingerprint density at radius 3 is 2.93 bits per heavy atom. The van der Waals surface area contributed by atoms with Crippen LogP contribution in [-0.4, -0.2) is 6.54 Å². The van der Waals surface area contributed by atoms with Crippen LogP contribution in [0.15, 0.2) is 30.4 Å². The van der Waals surface area contributed by atoms with E-state index in [1.54, 1.807) is 18.2 Å². The molecule has 1 rings (SSSR count). The Kier molecular flexibility index (Phi) is 4.20. The average molecular weight is 221 g/mol. The smallest absolute Gasteiger partial charge is 0.0992 e. The zero-order valence-electron chi connectivity index (χ0n) is 8.68. The molecule has 15 heavy (non-hydrogen) atoms. The summed E-state index contributed by atoms with van der Waals surface area (Å²) in [5.41, 5.74) is 2.49. The van der Waals surface area contributed by atoms with Gasteiger partial charge in [0.1, 0.15) is 0 Å². The summed E-state index contributed by atoms with van der Waals surface area (Å²) in [6.07, 6.45) is 0.933. The Morgan fingerprint density at radius 2 is 2.33 bits per heavy atom. The van der Waals surface area contributed by atoms with Crippen molar-refractivity contribution in [2.75, 3.05) is 11.9 Å². The molecule has 0 aliphatic carbocycles. The molecule has 0 bridgehead atoms. The third-order valence-corrected chi connectivity index (χ3v) is 2.45. The van der Waals surface area contributed by atoms with Gasteiger partial charge in [-0.05, 0) is 24.6 Å². The number of hydrogen-bond donors (Lipinski definition) is 1. The first kappa shape index (κ1) is 11.6. The molecular weight excluding hydrogens is 208 g/mol. The maximum atomic E-state index is 8.74. The van der Waals surface area contributed by atoms with E-state index in [-0.39, 0.29) is 0 Å². The standard InChI is InChI=1S/C12H13ClN2/c1-3-9(2)8-15-12-6-10(7-14)4-5-11(12)13/h4-6,15H,2-3,8H2,1H3. The highest BCUT2D eigenvalue weighted by Crippen LogP contribution is 2.22. The summed E-state index contributed by atoms with van der Waals surface area (Å²) in [7, 11) is 0. The van der Waals surface area contributed by atoms with Crippen LogP contribution in [0.3, 0.4) is 0 Å². The van der Waals surface area contributed by atoms with E-state index in [1.807, 2.05) is 0 Å². The fraction of sp³-hybridized carbons (Fsp3) is 0.250. The zero-order chi connectivity index (χ0) is 11.3. The quantitative estimate of drug-likeness (QED) is 0.788. The number of anilines is 1. The fourth-order valence-electron chi connectivity index (χ4n) is 1.08. The number of benzene rings is 1. The second kappa shape index (κ2) is 5.43. The first-order valence-electron chi connectivity index (χ1n) is 4.77. The SMILES string of the molecule is C=C(CC)CNc1cc(C#N)ccc1Cl. The molecule has 0 saturated carbocycles. The molecule has 0 aliphatic rings. The molecule has 1 aromatic carbocycles. The third kappa shape index (κ3) is 3.30. The van der Waals surface area contributed by atoms with E-state index >= 15 is 0 Å². The number of halogens is 1. The van der Waals surface area contributed by atoms with E-state index in [4.69, 9.17) is 16.9 Å². The lowest BCUT2D eigenvalue weighted by atomic mass is 10.2. The van der Waals surface area contributed by atoms with E-state index in [2.05, 4.69) is 24.9 Å². The van der Waals surface area contributed by atoms with Crippen molar-refractivity contribution in [1.82, 2.24) is 0 Å². The second-order valence-corrected chi connectivity index (χ2v) is 3.67. The van der Waals surface area contributed by atoms with Gasteiger partial charge in [0, 0.05) is 6.54 Å². The molecule has 0 radical (unpaired) electrons. The maximum Gasteiger partial charge on any atom is 0.0992 e. The lowest BCUT2D eigenvalue weighted by Gasteiger charge is -2.09. The minimum Gasteiger partial charge on any atom is -0.380 e. The monoisotopic (exact) mass is 220 g/mol. The van der Waals surface area contributed by atoms with Crippen LogP contribution in [0.25, 0.3) is 0 Å². The van der Waals surface area contributed by atoms with Gasteiger partial charge in [0.25, 0.3) is 0 Å². The average Bonchev–Trinajstić information content (AvgIpc) is 2.27. The molecule has 0 unspecified atom stereocenters. The van der Waals surface area contributed by atoms with Gasteiger partial charge in [-0.1, -0.05) is 30.7 Å². The van der Waals surface area contributed by atoms with Crippen molar-refractivity contribution in [3.63, 3.8) is 0 Å². The largest absolute Gasteiger partial charge is 0.380 e. The summed E-state index contributed by atoms with van der Waals surface area (Å²) in [6.45, 7) is 6.63. The molecule has 1 N–H and O–H groups in total. The molecule has 0 atom stereocenters. The Hall–Kier alpha value is -1.46. The van der Waals surface area contributed by atoms with Crippen molar-refractivity contribution in [3.8, 4) is 6.07 Å². The van der Waals surface area contributed by atoms with Crippen LogP contribution >= 0.6 is 11.6 Å². The number of nitrogens with one attached hydrogen (secondary N) is 1. The summed E-state index contributed by atoms with van der Waals surface area (Å²) >= 11 is 5.98. The van der Waals surface area contributed by atoms with Gasteiger partial charge in [0.05, 0.1) is 22.3 Å². The van der Waals surface area contributed by atoms with Gasteiger partial charge in [-0.15, -0.1) is 0 Å². The highest BCUT2D eigenvalue weighted by atomic mass is 35.5. The van der Waals surface area contributed by atoms with Crippen LogP contribution in [0.4, 0.5) is 5.69 Å². The molecule has 78 valence electrons. The number of hydrogen-bond acceptors (Lipinski definition) is 2. The van der Waals surface area contributed by atoms with Crippen molar-refractivity contribution in [2.45, 2.75) is 13.3 Å². The van der Waals surface area contributed by atoms with Crippen LogP contribution in [0.5, 0.6) is 0 Å². The van der Waals surface area contributed by atoms with E-state index in [0.717, 1.165) is 17.7 Å². The van der Waals surface area contributed by atoms with Gasteiger partial charge in [0.2, 0.25) is 0 Å². The number of rotatable bonds is 4. The first-order chi connectivity index (χ1) is 7.17. The van der Waals surface area contributed by atoms with Gasteiger partial charge in [-0.2, -0.15) is 5.26 Å². The molecule has 0 aromatic heterocycles. The molecule has 1 aromatic rings. The van der Waals surface area contributed by atoms with Crippen LogP contribution < -0.4 is 5.32 Å². The fourth-order valence-corrected chi connectivity index (χ4v) is 1.26. The normalized spacial score (nSPS) is 9.40. The number of nitriles is 1. The molecule has 3 heteroatoms. The summed E-state index contributed by atoms with van der Waals surface area (Å²) in [4.78, 5) is 0. The molecular formula is C12H13ClN2. The van der Waals surface area contributed by atoms with Crippen molar-refractivity contribution < 1.29 is 0 Å². The van der Waals surface area contributed by atoms with Crippen LogP contribution in [-0.2, 0) is 0 Å². The predicted octanol–water partition coefficient (Wildman–Crippen LogP) is 3.59. The Balaban J connectivity index is 2.76. The summed E-state index contributed by atoms with van der Waals surface area (Å²) in [5, 5.41) is 12.5. The minimum atomic E-state index is 0.601. The van der Waals surface area contributed by atoms with Crippen LogP contribution in [0.2, 0.25) is 5.02 Å². The van der Waals surface area contributed by atoms with E-state index in [1.165, 1.54) is 0 Å². The van der Waals surface area contributed by atoms with E-state index in [9.17, 15) is 0 Å². The first-order valence-corrected chi connectivity index (χ1v) is 5.15. The van der Waals surface area contributed by atoms with Gasteiger partial charge in [0.15, 0.2) is 0 Å². The molecule has 0 aliphatic heterocycles. The summed E-state index contributed by atoms with van der Waals surface area (Å²) in [5.74, 6) is 0. The molecule has 0 fully saturated rings. The molecule has 2 nitrogen and oxygen atoms in total. The van der Waals surface area contributed by atoms with Crippen molar-refractivity contribution in [2.24, 2.45) is 0 Å². The van der Waals surface area contributed by atoms with Crippen LogP contribution in [0.1, 0.15) is 18.9 Å². The maximum absolute atomic E-state index is 8.74. The Labute approximate surface area is 95.2 Å². The van der Waals surface area contributed by atoms with Crippen molar-refractivity contribution >= 4 is 17.3 Å². The molecule has 0 amide bonds. The van der Waals surface area contributed by atoms with Gasteiger partial charge in [-0.25, -0.2) is 0 Å². The molecule has 0 heterocycles. The summed E-state index contributed by atoms with van der Waals surface area (Å²) < 4.78 is 0. The van der Waals surface area contributed by atoms with Crippen molar-refractivity contribution in [3.05, 3.63) is 40.9 Å². The molecule has 0 spiro atoms. The lowest BCUT2D eigenvalue weighted by molar-refractivity contribution is 1.05. The Morgan fingerprint density at radius 1 is 1.60 bits per heavy atom. The zero-order valence-corrected chi connectivity index (χ0v) is 9.43. The highest BCUT2D eigenvalue weighted by molar-refractivity contribution is 6.33. The van der Waals surface area contributed by atoms with E-state index in [0.29, 0.717) is 17.1 Å². The topological polar surface area (TPSA) is 35.8 Å². The van der Waals surface area contributed by atoms with Gasteiger partial charge < -0.3 is 5.32 Å². The van der Waals surface area contributed by atoms with E-state index < -0.39 is 0 Å². The summed E-state index contributed by atoms with van der Waals surface area (Å²) in [6, 6.07) is 7.23. The molecule has 0 saturated heterocycles. The third-order valence-electron chi connectivity index (χ3n) is 2.12. The Bertz CT molecular complexity index is 405. The second-order valence-electron chi connectivity index (χ2n) is 3.26. The minimum absolute atomic E-state index is 0.601. The van der Waals surface area contributed by atoms with Gasteiger partial charge >= 0.3 is 0 Å². The van der Waals surface area contributed by atoms with Gasteiger partial charge in [-0.3, -0.25) is 0 Å². The predicted molar refractivity (Wildman–Crippen MR) is 64.1 cm³/mol. The van der Waals surface area contributed by atoms with Crippen LogP contribution in [0, 0.1) is 11.3 Å². The van der Waals surface area contributed by atoms with Crippen molar-refractivity contribution in [1.29, 1.82) is 5.26 Å². The highest BCUT2D eigenvalue weighted by Gasteiger charge is 2.01. The number of nitrogens with zero attached hydrogens (tertiary/aromatic N) is 1.